The molecule has 104 valence electrons. The molecule has 1 atom stereocenters. The van der Waals surface area contributed by atoms with Crippen LogP contribution in [-0.4, -0.2) is 7.05 Å². The van der Waals surface area contributed by atoms with Crippen LogP contribution in [0.1, 0.15) is 44.5 Å². The monoisotopic (exact) mass is 285 g/mol. The van der Waals surface area contributed by atoms with Gasteiger partial charge in [-0.15, -0.1) is 11.3 Å². The highest BCUT2D eigenvalue weighted by Gasteiger charge is 2.21. The molecule has 0 fully saturated rings. The fourth-order valence-corrected chi connectivity index (χ4v) is 4.74. The molecule has 1 aromatic heterocycles. The maximum Gasteiger partial charge on any atom is 0.0725 e. The van der Waals surface area contributed by atoms with E-state index < -0.39 is 0 Å². The van der Waals surface area contributed by atoms with E-state index in [-0.39, 0.29) is 0 Å². The van der Waals surface area contributed by atoms with Gasteiger partial charge in [-0.1, -0.05) is 18.2 Å². The van der Waals surface area contributed by atoms with Gasteiger partial charge in [0.05, 0.1) is 19.3 Å². The molecular weight excluding hydrogens is 266 g/mol. The summed E-state index contributed by atoms with van der Waals surface area (Å²) in [4.78, 5) is 3.06. The van der Waals surface area contributed by atoms with Gasteiger partial charge in [0.15, 0.2) is 0 Å². The number of thiophene rings is 1. The van der Waals surface area contributed by atoms with E-state index in [2.05, 4.69) is 36.6 Å². The predicted octanol–water partition coefficient (Wildman–Crippen LogP) is 3.58. The lowest BCUT2D eigenvalue weighted by molar-refractivity contribution is 0.134. The minimum atomic E-state index is 0.316. The maximum absolute atomic E-state index is 5.52. The highest BCUT2D eigenvalue weighted by Crippen LogP contribution is 2.36. The van der Waals surface area contributed by atoms with Crippen LogP contribution in [0.5, 0.6) is 0 Å². The normalized spacial score (nSPS) is 18.1. The van der Waals surface area contributed by atoms with Crippen molar-refractivity contribution in [3.63, 3.8) is 0 Å². The summed E-state index contributed by atoms with van der Waals surface area (Å²) in [5.74, 6) is 0. The van der Waals surface area contributed by atoms with Crippen molar-refractivity contribution < 1.29 is 4.74 Å². The molecule has 0 saturated heterocycles. The Kier molecular flexibility index (Phi) is 3.14. The van der Waals surface area contributed by atoms with Crippen LogP contribution in [0.2, 0.25) is 0 Å². The molecule has 2 nitrogen and oxygen atoms in total. The lowest BCUT2D eigenvalue weighted by atomic mass is 10.00. The number of ether oxygens (including phenoxy) is 1. The summed E-state index contributed by atoms with van der Waals surface area (Å²) in [5, 5.41) is 3.48. The lowest BCUT2D eigenvalue weighted by Gasteiger charge is -2.16. The molecule has 2 aromatic rings. The second-order valence-corrected chi connectivity index (χ2v) is 6.86. The number of fused-ring (bicyclic) bond motifs is 2. The Labute approximate surface area is 123 Å². The van der Waals surface area contributed by atoms with Gasteiger partial charge in [-0.2, -0.15) is 0 Å². The van der Waals surface area contributed by atoms with Crippen molar-refractivity contribution in [1.29, 1.82) is 0 Å². The van der Waals surface area contributed by atoms with E-state index in [1.54, 1.807) is 10.4 Å². The van der Waals surface area contributed by atoms with Crippen LogP contribution in [0.25, 0.3) is 0 Å². The molecule has 2 aliphatic rings. The first kappa shape index (κ1) is 12.6. The Balaban J connectivity index is 1.70. The number of benzene rings is 1. The highest BCUT2D eigenvalue weighted by molar-refractivity contribution is 7.12. The molecule has 1 aromatic carbocycles. The van der Waals surface area contributed by atoms with Gasteiger partial charge in [-0.05, 0) is 54.6 Å². The van der Waals surface area contributed by atoms with Gasteiger partial charge >= 0.3 is 0 Å². The Morgan fingerprint density at radius 3 is 2.85 bits per heavy atom. The Morgan fingerprint density at radius 2 is 2.00 bits per heavy atom. The predicted molar refractivity (Wildman–Crippen MR) is 82.2 cm³/mol. The number of aryl methyl sites for hydroxylation is 2. The third kappa shape index (κ3) is 2.01. The smallest absolute Gasteiger partial charge is 0.0725 e. The van der Waals surface area contributed by atoms with E-state index in [4.69, 9.17) is 4.74 Å². The fourth-order valence-electron chi connectivity index (χ4n) is 3.34. The van der Waals surface area contributed by atoms with E-state index in [1.165, 1.54) is 40.8 Å². The molecule has 1 unspecified atom stereocenters. The van der Waals surface area contributed by atoms with Gasteiger partial charge in [-0.3, -0.25) is 0 Å². The van der Waals surface area contributed by atoms with Crippen molar-refractivity contribution in [3.05, 3.63) is 56.3 Å². The van der Waals surface area contributed by atoms with Crippen LogP contribution >= 0.6 is 11.3 Å². The molecule has 0 saturated carbocycles. The van der Waals surface area contributed by atoms with Crippen molar-refractivity contribution in [2.75, 3.05) is 7.05 Å². The number of rotatable bonds is 3. The number of hydrogen-bond acceptors (Lipinski definition) is 3. The van der Waals surface area contributed by atoms with Crippen molar-refractivity contribution in [2.45, 2.75) is 38.5 Å². The van der Waals surface area contributed by atoms with E-state index in [0.29, 0.717) is 6.04 Å². The lowest BCUT2D eigenvalue weighted by Crippen LogP contribution is -2.16. The van der Waals surface area contributed by atoms with Crippen molar-refractivity contribution in [2.24, 2.45) is 0 Å². The molecule has 20 heavy (non-hydrogen) atoms. The van der Waals surface area contributed by atoms with Crippen molar-refractivity contribution >= 4 is 11.3 Å². The van der Waals surface area contributed by atoms with E-state index >= 15 is 0 Å². The van der Waals surface area contributed by atoms with Crippen LogP contribution in [0.4, 0.5) is 0 Å². The van der Waals surface area contributed by atoms with Crippen LogP contribution < -0.4 is 5.32 Å². The fraction of sp³-hybridized carbons (Fsp3) is 0.412. The Bertz CT molecular complexity index is 625. The molecule has 0 radical (unpaired) electrons. The molecule has 0 bridgehead atoms. The summed E-state index contributed by atoms with van der Waals surface area (Å²) in [6.45, 7) is 1.54. The van der Waals surface area contributed by atoms with Gasteiger partial charge in [0.1, 0.15) is 0 Å². The molecule has 1 aliphatic carbocycles. The minimum absolute atomic E-state index is 0.316. The van der Waals surface area contributed by atoms with Gasteiger partial charge < -0.3 is 10.1 Å². The third-order valence-corrected chi connectivity index (χ3v) is 5.72. The van der Waals surface area contributed by atoms with Crippen molar-refractivity contribution in [1.82, 2.24) is 5.32 Å². The van der Waals surface area contributed by atoms with Gasteiger partial charge in [0.2, 0.25) is 0 Å². The molecule has 3 heteroatoms. The van der Waals surface area contributed by atoms with Crippen LogP contribution in [0.15, 0.2) is 24.3 Å². The molecular formula is C17H19NOS. The Hall–Kier alpha value is -1.16. The minimum Gasteiger partial charge on any atom is -0.372 e. The zero-order valence-electron chi connectivity index (χ0n) is 11.7. The Morgan fingerprint density at radius 1 is 1.10 bits per heavy atom. The molecule has 0 amide bonds. The maximum atomic E-state index is 5.52. The topological polar surface area (TPSA) is 21.3 Å². The van der Waals surface area contributed by atoms with E-state index in [1.807, 2.05) is 11.3 Å². The van der Waals surface area contributed by atoms with E-state index in [0.717, 1.165) is 13.2 Å². The quantitative estimate of drug-likeness (QED) is 0.931. The molecule has 4 rings (SSSR count). The zero-order chi connectivity index (χ0) is 13.5. The number of hydrogen-bond donors (Lipinski definition) is 1. The molecule has 1 aliphatic heterocycles. The van der Waals surface area contributed by atoms with Crippen LogP contribution in [0.3, 0.4) is 0 Å². The summed E-state index contributed by atoms with van der Waals surface area (Å²) in [6, 6.07) is 9.52. The summed E-state index contributed by atoms with van der Waals surface area (Å²) in [5.41, 5.74) is 5.63. The average molecular weight is 285 g/mol. The summed E-state index contributed by atoms with van der Waals surface area (Å²) >= 11 is 1.99. The zero-order valence-corrected chi connectivity index (χ0v) is 12.6. The second kappa shape index (κ2) is 4.99. The molecule has 0 spiro atoms. The average Bonchev–Trinajstić information content (AvgIpc) is 3.13. The first-order valence-electron chi connectivity index (χ1n) is 7.33. The summed E-state index contributed by atoms with van der Waals surface area (Å²) in [6.07, 6.45) is 3.87. The largest absolute Gasteiger partial charge is 0.372 e. The molecule has 2 heterocycles. The molecule has 1 N–H and O–H groups in total. The SMILES string of the molecule is CNC(c1ccc2c(c1)COC2)c1cc2c(s1)CCC2. The summed E-state index contributed by atoms with van der Waals surface area (Å²) in [7, 11) is 2.05. The standard InChI is InChI=1S/C17H19NOS/c1-18-17(16-8-11-3-2-4-15(11)20-16)12-5-6-13-9-19-10-14(13)7-12/h5-8,17-18H,2-4,9-10H2,1H3. The number of nitrogens with one attached hydrogen (secondary N) is 1. The first-order chi connectivity index (χ1) is 9.85. The van der Waals surface area contributed by atoms with Gasteiger partial charge in [-0.25, -0.2) is 0 Å². The highest BCUT2D eigenvalue weighted by atomic mass is 32.1. The van der Waals surface area contributed by atoms with Crippen LogP contribution in [-0.2, 0) is 30.8 Å². The van der Waals surface area contributed by atoms with Gasteiger partial charge in [0, 0.05) is 9.75 Å². The van der Waals surface area contributed by atoms with Crippen molar-refractivity contribution in [3.8, 4) is 0 Å². The van der Waals surface area contributed by atoms with Crippen LogP contribution in [0, 0.1) is 0 Å². The third-order valence-electron chi connectivity index (χ3n) is 4.42. The second-order valence-electron chi connectivity index (χ2n) is 5.69. The van der Waals surface area contributed by atoms with E-state index in [9.17, 15) is 0 Å². The first-order valence-corrected chi connectivity index (χ1v) is 8.15. The summed E-state index contributed by atoms with van der Waals surface area (Å²) < 4.78 is 5.52. The van der Waals surface area contributed by atoms with Gasteiger partial charge in [0.25, 0.3) is 0 Å².